The smallest absolute Gasteiger partial charge is 0.319 e. The van der Waals surface area contributed by atoms with Crippen LogP contribution in [0.5, 0.6) is 0 Å². The van der Waals surface area contributed by atoms with Crippen LogP contribution >= 0.6 is 0 Å². The molecule has 0 bridgehead atoms. The van der Waals surface area contributed by atoms with Gasteiger partial charge in [0.25, 0.3) is 0 Å². The van der Waals surface area contributed by atoms with E-state index >= 15 is 0 Å². The summed E-state index contributed by atoms with van der Waals surface area (Å²) < 4.78 is 14.2. The van der Waals surface area contributed by atoms with E-state index in [4.69, 9.17) is 5.26 Å². The van der Waals surface area contributed by atoms with Gasteiger partial charge in [-0.25, -0.2) is 9.18 Å². The maximum atomic E-state index is 14.2. The summed E-state index contributed by atoms with van der Waals surface area (Å²) in [5, 5.41) is 20.8. The van der Waals surface area contributed by atoms with Crippen molar-refractivity contribution in [2.45, 2.75) is 18.9 Å². The van der Waals surface area contributed by atoms with Gasteiger partial charge in [0.1, 0.15) is 5.82 Å². The number of aromatic nitrogens is 2. The lowest BCUT2D eigenvalue weighted by molar-refractivity contribution is 0.246. The quantitative estimate of drug-likeness (QED) is 0.805. The number of piperidine rings is 1. The summed E-state index contributed by atoms with van der Waals surface area (Å²) in [6, 6.07) is 5.97. The van der Waals surface area contributed by atoms with E-state index < -0.39 is 5.82 Å². The molecule has 7 nitrogen and oxygen atoms in total. The number of amides is 2. The van der Waals surface area contributed by atoms with E-state index in [0.717, 1.165) is 12.8 Å². The molecular weight excluding hydrogens is 311 g/mol. The van der Waals surface area contributed by atoms with Gasteiger partial charge in [-0.15, -0.1) is 0 Å². The molecule has 0 spiro atoms. The minimum absolute atomic E-state index is 0.0827. The predicted octanol–water partition coefficient (Wildman–Crippen LogP) is 2.21. The van der Waals surface area contributed by atoms with Crippen molar-refractivity contribution in [3.05, 3.63) is 42.0 Å². The van der Waals surface area contributed by atoms with E-state index in [-0.39, 0.29) is 12.1 Å². The molecule has 24 heavy (non-hydrogen) atoms. The first-order valence-electron chi connectivity index (χ1n) is 7.66. The summed E-state index contributed by atoms with van der Waals surface area (Å²) in [7, 11) is 0. The topological polar surface area (TPSA) is 96.8 Å². The van der Waals surface area contributed by atoms with E-state index in [1.165, 1.54) is 12.3 Å². The highest BCUT2D eigenvalue weighted by Crippen LogP contribution is 2.24. The summed E-state index contributed by atoms with van der Waals surface area (Å²) in [5.41, 5.74) is 1.33. The molecular formula is C16H17FN6O. The van der Waals surface area contributed by atoms with Gasteiger partial charge in [0, 0.05) is 25.3 Å². The van der Waals surface area contributed by atoms with Gasteiger partial charge in [-0.05, 0) is 31.0 Å². The molecule has 2 heterocycles. The fraction of sp³-hybridized carbons (Fsp3) is 0.312. The second kappa shape index (κ2) is 7.00. The number of rotatable bonds is 3. The average Bonchev–Trinajstić information content (AvgIpc) is 3.07. The Morgan fingerprint density at radius 2 is 2.38 bits per heavy atom. The SMILES string of the molecule is N#Cc1ccc(N2CCC[C@@H](NC(=O)Nc3cn[nH]c3)C2)c(F)c1. The Labute approximate surface area is 138 Å². The third-order valence-corrected chi connectivity index (χ3v) is 3.93. The van der Waals surface area contributed by atoms with Gasteiger partial charge < -0.3 is 15.5 Å². The number of nitrogens with zero attached hydrogens (tertiary/aromatic N) is 3. The lowest BCUT2D eigenvalue weighted by Gasteiger charge is -2.34. The van der Waals surface area contributed by atoms with Gasteiger partial charge in [0.05, 0.1) is 29.2 Å². The van der Waals surface area contributed by atoms with Crippen LogP contribution in [0.3, 0.4) is 0 Å². The van der Waals surface area contributed by atoms with Crippen LogP contribution < -0.4 is 15.5 Å². The van der Waals surface area contributed by atoms with Gasteiger partial charge in [-0.1, -0.05) is 0 Å². The zero-order chi connectivity index (χ0) is 16.9. The molecule has 1 fully saturated rings. The van der Waals surface area contributed by atoms with E-state index in [9.17, 15) is 9.18 Å². The summed E-state index contributed by atoms with van der Waals surface area (Å²) in [6.45, 7) is 1.23. The van der Waals surface area contributed by atoms with Crippen molar-refractivity contribution >= 4 is 17.4 Å². The summed E-state index contributed by atoms with van der Waals surface area (Å²) in [5.74, 6) is -0.419. The predicted molar refractivity (Wildman–Crippen MR) is 87.1 cm³/mol. The molecule has 3 rings (SSSR count). The molecule has 0 saturated carbocycles. The number of carbonyl (C=O) groups excluding carboxylic acids is 1. The van der Waals surface area contributed by atoms with Crippen LogP contribution in [0, 0.1) is 17.1 Å². The number of anilines is 2. The summed E-state index contributed by atoms with van der Waals surface area (Å²) in [6.07, 6.45) is 4.76. The lowest BCUT2D eigenvalue weighted by atomic mass is 10.0. The maximum Gasteiger partial charge on any atom is 0.319 e. The molecule has 1 aromatic carbocycles. The molecule has 1 saturated heterocycles. The van der Waals surface area contributed by atoms with Crippen LogP contribution in [0.2, 0.25) is 0 Å². The first kappa shape index (κ1) is 15.8. The highest BCUT2D eigenvalue weighted by atomic mass is 19.1. The Morgan fingerprint density at radius 1 is 1.50 bits per heavy atom. The number of hydrogen-bond donors (Lipinski definition) is 3. The van der Waals surface area contributed by atoms with Crippen molar-refractivity contribution in [1.29, 1.82) is 5.26 Å². The minimum atomic E-state index is -0.419. The van der Waals surface area contributed by atoms with Crippen LogP contribution in [0.4, 0.5) is 20.6 Å². The number of aromatic amines is 1. The first-order chi connectivity index (χ1) is 11.7. The molecule has 124 valence electrons. The molecule has 2 amide bonds. The molecule has 0 unspecified atom stereocenters. The second-order valence-electron chi connectivity index (χ2n) is 5.65. The van der Waals surface area contributed by atoms with Crippen molar-refractivity contribution in [2.75, 3.05) is 23.3 Å². The number of halogens is 1. The molecule has 1 atom stereocenters. The van der Waals surface area contributed by atoms with E-state index in [1.54, 1.807) is 18.3 Å². The number of hydrogen-bond acceptors (Lipinski definition) is 4. The van der Waals surface area contributed by atoms with Crippen LogP contribution in [0.1, 0.15) is 18.4 Å². The third-order valence-electron chi connectivity index (χ3n) is 3.93. The fourth-order valence-electron chi connectivity index (χ4n) is 2.82. The molecule has 8 heteroatoms. The Hall–Kier alpha value is -3.08. The molecule has 0 radical (unpaired) electrons. The van der Waals surface area contributed by atoms with Gasteiger partial charge in [-0.2, -0.15) is 10.4 Å². The number of urea groups is 1. The molecule has 1 aliphatic heterocycles. The Balaban J connectivity index is 1.62. The molecule has 1 aliphatic rings. The van der Waals surface area contributed by atoms with Crippen LogP contribution in [0.25, 0.3) is 0 Å². The van der Waals surface area contributed by atoms with Gasteiger partial charge in [-0.3, -0.25) is 5.10 Å². The number of nitriles is 1. The first-order valence-corrected chi connectivity index (χ1v) is 7.66. The van der Waals surface area contributed by atoms with Crippen molar-refractivity contribution in [1.82, 2.24) is 15.5 Å². The van der Waals surface area contributed by atoms with Crippen LogP contribution in [-0.4, -0.2) is 35.4 Å². The molecule has 1 aromatic heterocycles. The van der Waals surface area contributed by atoms with Gasteiger partial charge in [0.15, 0.2) is 0 Å². The van der Waals surface area contributed by atoms with Crippen molar-refractivity contribution in [3.63, 3.8) is 0 Å². The zero-order valence-corrected chi connectivity index (χ0v) is 12.9. The van der Waals surface area contributed by atoms with Crippen LogP contribution in [0.15, 0.2) is 30.6 Å². The van der Waals surface area contributed by atoms with Gasteiger partial charge in [0.2, 0.25) is 0 Å². The minimum Gasteiger partial charge on any atom is -0.367 e. The highest BCUT2D eigenvalue weighted by molar-refractivity contribution is 5.89. The molecule has 0 aliphatic carbocycles. The molecule has 2 aromatic rings. The van der Waals surface area contributed by atoms with E-state index in [0.29, 0.717) is 30.0 Å². The monoisotopic (exact) mass is 328 g/mol. The number of H-pyrrole nitrogens is 1. The second-order valence-corrected chi connectivity index (χ2v) is 5.65. The number of nitrogens with one attached hydrogen (secondary N) is 3. The Kier molecular flexibility index (Phi) is 4.61. The maximum absolute atomic E-state index is 14.2. The number of carbonyl (C=O) groups is 1. The lowest BCUT2D eigenvalue weighted by Crippen LogP contribution is -2.49. The standard InChI is InChI=1S/C16H17FN6O/c17-14-6-11(7-18)3-4-15(14)23-5-1-2-12(10-23)21-16(24)22-13-8-19-20-9-13/h3-4,6,8-9,12H,1-2,5,10H2,(H,19,20)(H2,21,22,24)/t12-/m1/s1. The van der Waals surface area contributed by atoms with Gasteiger partial charge >= 0.3 is 6.03 Å². The Bertz CT molecular complexity index is 754. The fourth-order valence-corrected chi connectivity index (χ4v) is 2.82. The molecule has 3 N–H and O–H groups in total. The summed E-state index contributed by atoms with van der Waals surface area (Å²) >= 11 is 0. The third kappa shape index (κ3) is 3.63. The van der Waals surface area contributed by atoms with Crippen molar-refractivity contribution < 1.29 is 9.18 Å². The normalized spacial score (nSPS) is 17.2. The highest BCUT2D eigenvalue weighted by Gasteiger charge is 2.23. The Morgan fingerprint density at radius 3 is 3.08 bits per heavy atom. The van der Waals surface area contributed by atoms with E-state index in [2.05, 4.69) is 20.8 Å². The summed E-state index contributed by atoms with van der Waals surface area (Å²) in [4.78, 5) is 13.9. The average molecular weight is 328 g/mol. The number of benzene rings is 1. The van der Waals surface area contributed by atoms with Crippen molar-refractivity contribution in [2.24, 2.45) is 0 Å². The largest absolute Gasteiger partial charge is 0.367 e. The zero-order valence-electron chi connectivity index (χ0n) is 12.9. The van der Waals surface area contributed by atoms with Crippen molar-refractivity contribution in [3.8, 4) is 6.07 Å². The van der Waals surface area contributed by atoms with Crippen LogP contribution in [-0.2, 0) is 0 Å². The van der Waals surface area contributed by atoms with E-state index in [1.807, 2.05) is 11.0 Å².